The average Bonchev–Trinajstić information content (AvgIpc) is 1.81. The fourth-order valence-corrected chi connectivity index (χ4v) is 0.206. The molecule has 0 aromatic heterocycles. The van der Waals surface area contributed by atoms with Crippen LogP contribution in [0.2, 0.25) is 0 Å². The van der Waals surface area contributed by atoms with Crippen molar-refractivity contribution in [2.45, 2.75) is 19.1 Å². The Morgan fingerprint density at radius 3 is 1.62 bits per heavy atom. The highest BCUT2D eigenvalue weighted by molar-refractivity contribution is 7.45. The molecule has 7 N–H and O–H groups in total. The summed E-state index contributed by atoms with van der Waals surface area (Å²) in [5, 5.41) is 16.6. The van der Waals surface area contributed by atoms with E-state index in [9.17, 15) is 4.79 Å². The first-order chi connectivity index (χ1) is 5.55. The fraction of sp³-hybridized carbons (Fsp3) is 0.750. The summed E-state index contributed by atoms with van der Waals surface area (Å²) in [5.41, 5.74) is 4.91. The van der Waals surface area contributed by atoms with Gasteiger partial charge in [-0.2, -0.15) is 0 Å². The van der Waals surface area contributed by atoms with Gasteiger partial charge in [0.15, 0.2) is 0 Å². The average molecular weight is 217 g/mol. The molecule has 8 nitrogen and oxygen atoms in total. The summed E-state index contributed by atoms with van der Waals surface area (Å²) in [7, 11) is -4.64. The third-order valence-corrected chi connectivity index (χ3v) is 0.805. The molecule has 0 aliphatic heterocycles. The summed E-state index contributed by atoms with van der Waals surface area (Å²) in [6.07, 6.45) is -0.979. The molecule has 0 heterocycles. The van der Waals surface area contributed by atoms with Crippen molar-refractivity contribution in [1.29, 1.82) is 0 Å². The summed E-state index contributed by atoms with van der Waals surface area (Å²) in [6.45, 7) is 1.33. The first-order valence-corrected chi connectivity index (χ1v) is 4.57. The third kappa shape index (κ3) is 18.5. The second kappa shape index (κ2) is 6.03. The number of aliphatic hydroxyl groups excluding tert-OH is 1. The number of aliphatic carboxylic acids is 1. The van der Waals surface area contributed by atoms with Crippen LogP contribution in [0.1, 0.15) is 6.92 Å². The summed E-state index contributed by atoms with van der Waals surface area (Å²) in [6, 6.07) is -1.16. The molecule has 0 aromatic carbocycles. The molecule has 2 unspecified atom stereocenters. The quantitative estimate of drug-likeness (QED) is 0.285. The van der Waals surface area contributed by atoms with E-state index >= 15 is 0 Å². The van der Waals surface area contributed by atoms with E-state index in [1.54, 1.807) is 0 Å². The van der Waals surface area contributed by atoms with Gasteiger partial charge in [0.25, 0.3) is 0 Å². The Kier molecular flexibility index (Phi) is 6.96. The van der Waals surface area contributed by atoms with E-state index in [4.69, 9.17) is 35.2 Å². The van der Waals surface area contributed by atoms with Crippen molar-refractivity contribution in [3.63, 3.8) is 0 Å². The Balaban J connectivity index is 0. The lowest BCUT2D eigenvalue weighted by atomic mass is 10.2. The molecule has 0 saturated carbocycles. The van der Waals surface area contributed by atoms with Crippen LogP contribution in [0, 0.1) is 0 Å². The Hall–Kier alpha value is -0.500. The Bertz CT molecular complexity index is 190. The fourth-order valence-electron chi connectivity index (χ4n) is 0.206. The molecule has 9 heteroatoms. The number of carboxylic acids is 1. The van der Waals surface area contributed by atoms with Gasteiger partial charge in [-0.25, -0.2) is 4.57 Å². The second-order valence-electron chi connectivity index (χ2n) is 2.12. The summed E-state index contributed by atoms with van der Waals surface area (Å²) >= 11 is 0. The molecule has 0 aromatic rings. The SMILES string of the molecule is CC(O)C(N)C(=O)O.O=P(O)(O)O. The molecule has 0 rings (SSSR count). The van der Waals surface area contributed by atoms with Gasteiger partial charge < -0.3 is 30.6 Å². The molecule has 0 aliphatic carbocycles. The summed E-state index contributed by atoms with van der Waals surface area (Å²) in [5.74, 6) is -1.18. The minimum absolute atomic E-state index is 0.979. The van der Waals surface area contributed by atoms with Gasteiger partial charge in [0.05, 0.1) is 6.10 Å². The van der Waals surface area contributed by atoms with Gasteiger partial charge in [-0.3, -0.25) is 4.79 Å². The minimum Gasteiger partial charge on any atom is -0.480 e. The van der Waals surface area contributed by atoms with Crippen molar-refractivity contribution in [1.82, 2.24) is 0 Å². The molecule has 13 heavy (non-hydrogen) atoms. The standard InChI is InChI=1S/C4H9NO3.H3O4P/c1-2(6)3(5)4(7)8;1-5(2,3)4/h2-3,6H,5H2,1H3,(H,7,8);(H3,1,2,3,4). The summed E-state index contributed by atoms with van der Waals surface area (Å²) < 4.78 is 8.88. The van der Waals surface area contributed by atoms with Crippen LogP contribution in [0.3, 0.4) is 0 Å². The molecule has 0 spiro atoms. The van der Waals surface area contributed by atoms with Gasteiger partial charge in [0, 0.05) is 0 Å². The van der Waals surface area contributed by atoms with E-state index in [1.165, 1.54) is 6.92 Å². The lowest BCUT2D eigenvalue weighted by Crippen LogP contribution is -2.39. The Morgan fingerprint density at radius 2 is 1.62 bits per heavy atom. The third-order valence-electron chi connectivity index (χ3n) is 0.805. The van der Waals surface area contributed by atoms with Crippen LogP contribution in [0.4, 0.5) is 0 Å². The number of hydrogen-bond acceptors (Lipinski definition) is 4. The number of hydrogen-bond donors (Lipinski definition) is 6. The van der Waals surface area contributed by atoms with Crippen molar-refractivity contribution >= 4 is 13.8 Å². The zero-order chi connectivity index (χ0) is 11.2. The van der Waals surface area contributed by atoms with Crippen molar-refractivity contribution < 1.29 is 34.3 Å². The second-order valence-corrected chi connectivity index (χ2v) is 3.14. The molecule has 0 bridgehead atoms. The number of carboxylic acid groups (broad SMARTS) is 1. The maximum atomic E-state index is 9.86. The number of aliphatic hydroxyl groups is 1. The zero-order valence-corrected chi connectivity index (χ0v) is 7.63. The number of carbonyl (C=O) groups is 1. The van der Waals surface area contributed by atoms with Crippen LogP contribution in [0.5, 0.6) is 0 Å². The van der Waals surface area contributed by atoms with E-state index in [0.29, 0.717) is 0 Å². The van der Waals surface area contributed by atoms with Crippen LogP contribution < -0.4 is 5.73 Å². The zero-order valence-electron chi connectivity index (χ0n) is 6.73. The number of nitrogens with two attached hydrogens (primary N) is 1. The first kappa shape index (κ1) is 15.0. The molecular formula is C4H12NO7P. The largest absolute Gasteiger partial charge is 0.480 e. The van der Waals surface area contributed by atoms with Gasteiger partial charge >= 0.3 is 13.8 Å². The van der Waals surface area contributed by atoms with Crippen molar-refractivity contribution in [2.24, 2.45) is 5.73 Å². The highest BCUT2D eigenvalue weighted by Gasteiger charge is 2.16. The molecule has 80 valence electrons. The van der Waals surface area contributed by atoms with Crippen LogP contribution in [-0.4, -0.2) is 43.0 Å². The topological polar surface area (TPSA) is 161 Å². The Labute approximate surface area is 73.9 Å². The van der Waals surface area contributed by atoms with Gasteiger partial charge in [0.1, 0.15) is 6.04 Å². The van der Waals surface area contributed by atoms with Crippen molar-refractivity contribution in [3.8, 4) is 0 Å². The van der Waals surface area contributed by atoms with E-state index in [0.717, 1.165) is 0 Å². The van der Waals surface area contributed by atoms with Gasteiger partial charge in [-0.15, -0.1) is 0 Å². The summed E-state index contributed by atoms with van der Waals surface area (Å²) in [4.78, 5) is 31.4. The predicted octanol–water partition coefficient (Wildman–Crippen LogP) is -2.15. The van der Waals surface area contributed by atoms with E-state index in [2.05, 4.69) is 0 Å². The lowest BCUT2D eigenvalue weighted by Gasteiger charge is -2.06. The lowest BCUT2D eigenvalue weighted by molar-refractivity contribution is -0.140. The number of rotatable bonds is 2. The van der Waals surface area contributed by atoms with Crippen LogP contribution in [0.15, 0.2) is 0 Å². The van der Waals surface area contributed by atoms with Crippen LogP contribution in [-0.2, 0) is 9.36 Å². The minimum atomic E-state index is -4.64. The van der Waals surface area contributed by atoms with Crippen LogP contribution in [0.25, 0.3) is 0 Å². The molecule has 0 saturated heterocycles. The predicted molar refractivity (Wildman–Crippen MR) is 41.6 cm³/mol. The van der Waals surface area contributed by atoms with E-state index in [-0.39, 0.29) is 0 Å². The maximum Gasteiger partial charge on any atom is 0.466 e. The maximum absolute atomic E-state index is 9.86. The van der Waals surface area contributed by atoms with Gasteiger partial charge in [-0.05, 0) is 6.92 Å². The molecule has 2 atom stereocenters. The smallest absolute Gasteiger partial charge is 0.466 e. The molecule has 0 amide bonds. The van der Waals surface area contributed by atoms with Crippen molar-refractivity contribution in [2.75, 3.05) is 0 Å². The van der Waals surface area contributed by atoms with Crippen LogP contribution >= 0.6 is 7.82 Å². The molecular weight excluding hydrogens is 205 g/mol. The first-order valence-electron chi connectivity index (χ1n) is 3.00. The Morgan fingerprint density at radius 1 is 1.38 bits per heavy atom. The number of phosphoric acid groups is 1. The molecule has 0 radical (unpaired) electrons. The highest BCUT2D eigenvalue weighted by Crippen LogP contribution is 2.25. The normalized spacial score (nSPS) is 15.2. The van der Waals surface area contributed by atoms with Crippen molar-refractivity contribution in [3.05, 3.63) is 0 Å². The van der Waals surface area contributed by atoms with E-state index in [1.807, 2.05) is 0 Å². The molecule has 0 fully saturated rings. The monoisotopic (exact) mass is 217 g/mol. The van der Waals surface area contributed by atoms with Gasteiger partial charge in [0.2, 0.25) is 0 Å². The van der Waals surface area contributed by atoms with E-state index < -0.39 is 25.9 Å². The highest BCUT2D eigenvalue weighted by atomic mass is 31.2. The van der Waals surface area contributed by atoms with Gasteiger partial charge in [-0.1, -0.05) is 0 Å². The molecule has 0 aliphatic rings.